The Labute approximate surface area is 147 Å². The van der Waals surface area contributed by atoms with Gasteiger partial charge in [0.25, 0.3) is 5.91 Å². The van der Waals surface area contributed by atoms with Gasteiger partial charge >= 0.3 is 0 Å². The predicted molar refractivity (Wildman–Crippen MR) is 95.9 cm³/mol. The standard InChI is InChI=1S/C18H24N2O3S/c1-3-4-5-6-9-19-18(21)14-7-8-16(17(10-14)22-2)23-11-15-12-24-13-20-15/h7-8,10,12-13H,3-6,9,11H2,1-2H3,(H,19,21). The van der Waals surface area contributed by atoms with Crippen molar-refractivity contribution in [1.82, 2.24) is 10.3 Å². The van der Waals surface area contributed by atoms with E-state index in [1.165, 1.54) is 24.2 Å². The van der Waals surface area contributed by atoms with Crippen LogP contribution in [0.1, 0.15) is 48.7 Å². The van der Waals surface area contributed by atoms with Gasteiger partial charge in [-0.05, 0) is 24.6 Å². The summed E-state index contributed by atoms with van der Waals surface area (Å²) in [6.07, 6.45) is 4.54. The highest BCUT2D eigenvalue weighted by Crippen LogP contribution is 2.28. The second-order valence-electron chi connectivity index (χ2n) is 5.45. The van der Waals surface area contributed by atoms with Crippen LogP contribution < -0.4 is 14.8 Å². The number of ether oxygens (including phenoxy) is 2. The minimum absolute atomic E-state index is 0.0872. The topological polar surface area (TPSA) is 60.5 Å². The molecular weight excluding hydrogens is 324 g/mol. The van der Waals surface area contributed by atoms with Gasteiger partial charge in [0.05, 0.1) is 18.3 Å². The number of hydrogen-bond donors (Lipinski definition) is 1. The average Bonchev–Trinajstić information content (AvgIpc) is 3.13. The van der Waals surface area contributed by atoms with E-state index in [9.17, 15) is 4.79 Å². The molecule has 1 amide bonds. The summed E-state index contributed by atoms with van der Waals surface area (Å²) in [5.41, 5.74) is 3.21. The fourth-order valence-corrected chi connectivity index (χ4v) is 2.79. The van der Waals surface area contributed by atoms with Gasteiger partial charge in [-0.3, -0.25) is 4.79 Å². The molecule has 1 aromatic carbocycles. The van der Waals surface area contributed by atoms with Crippen molar-refractivity contribution in [3.63, 3.8) is 0 Å². The van der Waals surface area contributed by atoms with E-state index < -0.39 is 0 Å². The Hall–Kier alpha value is -2.08. The molecule has 2 aromatic rings. The summed E-state index contributed by atoms with van der Waals surface area (Å²) in [7, 11) is 1.57. The number of aromatic nitrogens is 1. The second-order valence-corrected chi connectivity index (χ2v) is 6.17. The van der Waals surface area contributed by atoms with Gasteiger partial charge < -0.3 is 14.8 Å². The van der Waals surface area contributed by atoms with Crippen LogP contribution in [0.25, 0.3) is 0 Å². The van der Waals surface area contributed by atoms with Crippen molar-refractivity contribution in [2.75, 3.05) is 13.7 Å². The highest BCUT2D eigenvalue weighted by atomic mass is 32.1. The number of unbranched alkanes of at least 4 members (excludes halogenated alkanes) is 3. The van der Waals surface area contributed by atoms with E-state index >= 15 is 0 Å². The number of carbonyl (C=O) groups is 1. The lowest BCUT2D eigenvalue weighted by Gasteiger charge is -2.12. The quantitative estimate of drug-likeness (QED) is 0.658. The van der Waals surface area contributed by atoms with Crippen molar-refractivity contribution in [3.05, 3.63) is 40.3 Å². The first kappa shape index (κ1) is 18.3. The maximum Gasteiger partial charge on any atom is 0.251 e. The van der Waals surface area contributed by atoms with Crippen LogP contribution >= 0.6 is 11.3 Å². The van der Waals surface area contributed by atoms with Gasteiger partial charge in [-0.15, -0.1) is 11.3 Å². The lowest BCUT2D eigenvalue weighted by Crippen LogP contribution is -2.24. The zero-order chi connectivity index (χ0) is 17.2. The summed E-state index contributed by atoms with van der Waals surface area (Å²) in [6, 6.07) is 5.22. The smallest absolute Gasteiger partial charge is 0.251 e. The van der Waals surface area contributed by atoms with Gasteiger partial charge in [0, 0.05) is 17.5 Å². The second kappa shape index (κ2) is 9.93. The fourth-order valence-electron chi connectivity index (χ4n) is 2.24. The zero-order valence-electron chi connectivity index (χ0n) is 14.2. The number of carbonyl (C=O) groups excluding carboxylic acids is 1. The molecule has 0 radical (unpaired) electrons. The minimum atomic E-state index is -0.0872. The Bertz CT molecular complexity index is 629. The van der Waals surface area contributed by atoms with Crippen LogP contribution in [0.15, 0.2) is 29.1 Å². The normalized spacial score (nSPS) is 10.4. The van der Waals surface area contributed by atoms with E-state index in [1.54, 1.807) is 30.8 Å². The van der Waals surface area contributed by atoms with E-state index in [4.69, 9.17) is 9.47 Å². The molecule has 0 aliphatic carbocycles. The van der Waals surface area contributed by atoms with E-state index in [0.717, 1.165) is 18.5 Å². The van der Waals surface area contributed by atoms with E-state index in [0.29, 0.717) is 30.2 Å². The summed E-state index contributed by atoms with van der Waals surface area (Å²) < 4.78 is 11.1. The third-order valence-corrected chi connectivity index (χ3v) is 4.24. The summed E-state index contributed by atoms with van der Waals surface area (Å²) in [5.74, 6) is 1.06. The predicted octanol–water partition coefficient (Wildman–Crippen LogP) is 4.04. The Morgan fingerprint density at radius 3 is 2.83 bits per heavy atom. The van der Waals surface area contributed by atoms with Gasteiger partial charge in [-0.1, -0.05) is 26.2 Å². The number of rotatable bonds is 10. The molecule has 0 aliphatic rings. The molecule has 24 heavy (non-hydrogen) atoms. The van der Waals surface area contributed by atoms with Gasteiger partial charge in [0.2, 0.25) is 0 Å². The first-order chi connectivity index (χ1) is 11.7. The number of methoxy groups -OCH3 is 1. The zero-order valence-corrected chi connectivity index (χ0v) is 15.0. The lowest BCUT2D eigenvalue weighted by atomic mass is 10.1. The summed E-state index contributed by atoms with van der Waals surface area (Å²) in [4.78, 5) is 16.4. The minimum Gasteiger partial charge on any atom is -0.493 e. The molecule has 0 unspecified atom stereocenters. The molecule has 0 spiro atoms. The largest absolute Gasteiger partial charge is 0.493 e. The molecule has 0 bridgehead atoms. The van der Waals surface area contributed by atoms with Crippen molar-refractivity contribution >= 4 is 17.2 Å². The third kappa shape index (κ3) is 5.53. The number of nitrogens with zero attached hydrogens (tertiary/aromatic N) is 1. The Balaban J connectivity index is 1.90. The number of thiazole rings is 1. The Morgan fingerprint density at radius 1 is 1.25 bits per heavy atom. The molecule has 1 aromatic heterocycles. The molecule has 0 fully saturated rings. The fraction of sp³-hybridized carbons (Fsp3) is 0.444. The lowest BCUT2D eigenvalue weighted by molar-refractivity contribution is 0.0952. The SMILES string of the molecule is CCCCCCNC(=O)c1ccc(OCc2cscn2)c(OC)c1. The number of amides is 1. The van der Waals surface area contributed by atoms with Crippen LogP contribution in [0.3, 0.4) is 0 Å². The number of hydrogen-bond acceptors (Lipinski definition) is 5. The highest BCUT2D eigenvalue weighted by molar-refractivity contribution is 7.07. The summed E-state index contributed by atoms with van der Waals surface area (Å²) in [5, 5.41) is 4.88. The number of benzene rings is 1. The first-order valence-corrected chi connectivity index (χ1v) is 9.15. The summed E-state index contributed by atoms with van der Waals surface area (Å²) in [6.45, 7) is 3.25. The van der Waals surface area contributed by atoms with E-state index in [-0.39, 0.29) is 5.91 Å². The molecule has 1 heterocycles. The van der Waals surface area contributed by atoms with E-state index in [2.05, 4.69) is 17.2 Å². The van der Waals surface area contributed by atoms with Crippen LogP contribution in [-0.4, -0.2) is 24.5 Å². The molecular formula is C18H24N2O3S. The maximum atomic E-state index is 12.2. The van der Waals surface area contributed by atoms with Gasteiger partial charge in [-0.2, -0.15) is 0 Å². The van der Waals surface area contributed by atoms with Gasteiger partial charge in [-0.25, -0.2) is 4.98 Å². The Kier molecular flexibility index (Phi) is 7.55. The highest BCUT2D eigenvalue weighted by Gasteiger charge is 2.11. The van der Waals surface area contributed by atoms with Crippen LogP contribution in [0, 0.1) is 0 Å². The Morgan fingerprint density at radius 2 is 2.12 bits per heavy atom. The maximum absolute atomic E-state index is 12.2. The van der Waals surface area contributed by atoms with Crippen molar-refractivity contribution in [2.45, 2.75) is 39.2 Å². The van der Waals surface area contributed by atoms with Crippen molar-refractivity contribution in [3.8, 4) is 11.5 Å². The molecule has 1 N–H and O–H groups in total. The molecule has 130 valence electrons. The molecule has 2 rings (SSSR count). The van der Waals surface area contributed by atoms with Crippen molar-refractivity contribution < 1.29 is 14.3 Å². The van der Waals surface area contributed by atoms with Gasteiger partial charge in [0.1, 0.15) is 6.61 Å². The van der Waals surface area contributed by atoms with Crippen LogP contribution in [0.2, 0.25) is 0 Å². The van der Waals surface area contributed by atoms with Crippen LogP contribution in [-0.2, 0) is 6.61 Å². The van der Waals surface area contributed by atoms with Crippen molar-refractivity contribution in [1.29, 1.82) is 0 Å². The first-order valence-electron chi connectivity index (χ1n) is 8.20. The molecule has 0 atom stereocenters. The molecule has 5 nitrogen and oxygen atoms in total. The molecule has 0 saturated carbocycles. The summed E-state index contributed by atoms with van der Waals surface area (Å²) >= 11 is 1.53. The van der Waals surface area contributed by atoms with Crippen molar-refractivity contribution in [2.24, 2.45) is 0 Å². The van der Waals surface area contributed by atoms with Crippen LogP contribution in [0.4, 0.5) is 0 Å². The monoisotopic (exact) mass is 348 g/mol. The molecule has 6 heteroatoms. The molecule has 0 aliphatic heterocycles. The third-order valence-electron chi connectivity index (χ3n) is 3.60. The average molecular weight is 348 g/mol. The van der Waals surface area contributed by atoms with Crippen LogP contribution in [0.5, 0.6) is 11.5 Å². The van der Waals surface area contributed by atoms with E-state index in [1.807, 2.05) is 5.38 Å². The molecule has 0 saturated heterocycles. The van der Waals surface area contributed by atoms with Gasteiger partial charge in [0.15, 0.2) is 11.5 Å². The number of nitrogens with one attached hydrogen (secondary N) is 1.